The van der Waals surface area contributed by atoms with Crippen molar-refractivity contribution in [1.29, 1.82) is 0 Å². The molecule has 0 bridgehead atoms. The highest BCUT2D eigenvalue weighted by Gasteiger charge is 2.19. The summed E-state index contributed by atoms with van der Waals surface area (Å²) in [7, 11) is 0. The SMILES string of the molecule is CCOC(=O)CC(N)c1cc(-c2cncnc2)cc(C(C)(C)C)c1. The molecule has 1 aromatic heterocycles. The Morgan fingerprint density at radius 2 is 1.83 bits per heavy atom. The van der Waals surface area contributed by atoms with Crippen LogP contribution in [0.4, 0.5) is 0 Å². The van der Waals surface area contributed by atoms with E-state index >= 15 is 0 Å². The third kappa shape index (κ3) is 4.61. The molecule has 2 N–H and O–H groups in total. The summed E-state index contributed by atoms with van der Waals surface area (Å²) in [5, 5.41) is 0. The first kappa shape index (κ1) is 18.1. The van der Waals surface area contributed by atoms with E-state index in [1.807, 2.05) is 6.07 Å². The lowest BCUT2D eigenvalue weighted by Crippen LogP contribution is -2.19. The van der Waals surface area contributed by atoms with E-state index < -0.39 is 6.04 Å². The van der Waals surface area contributed by atoms with Crippen molar-refractivity contribution >= 4 is 5.97 Å². The number of hydrogen-bond donors (Lipinski definition) is 1. The van der Waals surface area contributed by atoms with Gasteiger partial charge in [0.1, 0.15) is 6.33 Å². The van der Waals surface area contributed by atoms with Crippen LogP contribution < -0.4 is 5.73 Å². The van der Waals surface area contributed by atoms with Crippen molar-refractivity contribution in [3.8, 4) is 11.1 Å². The van der Waals surface area contributed by atoms with Crippen molar-refractivity contribution in [3.63, 3.8) is 0 Å². The molecule has 1 heterocycles. The minimum atomic E-state index is -0.408. The maximum absolute atomic E-state index is 11.7. The number of esters is 1. The first-order valence-corrected chi connectivity index (χ1v) is 8.13. The van der Waals surface area contributed by atoms with E-state index in [-0.39, 0.29) is 17.8 Å². The summed E-state index contributed by atoms with van der Waals surface area (Å²) in [6.07, 6.45) is 5.21. The maximum Gasteiger partial charge on any atom is 0.307 e. The molecule has 5 nitrogen and oxygen atoms in total. The number of aromatic nitrogens is 2. The molecule has 1 atom stereocenters. The van der Waals surface area contributed by atoms with Crippen LogP contribution >= 0.6 is 0 Å². The van der Waals surface area contributed by atoms with Crippen molar-refractivity contribution < 1.29 is 9.53 Å². The number of nitrogens with two attached hydrogens (primary N) is 1. The van der Waals surface area contributed by atoms with Gasteiger partial charge in [-0.3, -0.25) is 4.79 Å². The first-order valence-electron chi connectivity index (χ1n) is 8.13. The average Bonchev–Trinajstić information content (AvgIpc) is 2.54. The van der Waals surface area contributed by atoms with Gasteiger partial charge in [0.2, 0.25) is 0 Å². The second kappa shape index (κ2) is 7.53. The topological polar surface area (TPSA) is 78.1 Å². The summed E-state index contributed by atoms with van der Waals surface area (Å²) < 4.78 is 5.01. The fourth-order valence-corrected chi connectivity index (χ4v) is 2.43. The molecule has 0 aliphatic rings. The number of ether oxygens (including phenoxy) is 1. The molecule has 5 heteroatoms. The number of rotatable bonds is 5. The molecule has 0 spiro atoms. The molecule has 128 valence electrons. The zero-order valence-corrected chi connectivity index (χ0v) is 14.7. The Bertz CT molecular complexity index is 694. The molecule has 24 heavy (non-hydrogen) atoms. The van der Waals surface area contributed by atoms with Gasteiger partial charge in [0, 0.05) is 24.0 Å². The van der Waals surface area contributed by atoms with Crippen LogP contribution in [0.5, 0.6) is 0 Å². The first-order chi connectivity index (χ1) is 11.3. The average molecular weight is 327 g/mol. The van der Waals surface area contributed by atoms with Gasteiger partial charge >= 0.3 is 5.97 Å². The van der Waals surface area contributed by atoms with Gasteiger partial charge in [0.25, 0.3) is 0 Å². The molecule has 0 amide bonds. The van der Waals surface area contributed by atoms with Gasteiger partial charge in [-0.2, -0.15) is 0 Å². The Morgan fingerprint density at radius 3 is 2.42 bits per heavy atom. The van der Waals surface area contributed by atoms with Crippen LogP contribution in [0.3, 0.4) is 0 Å². The molecular weight excluding hydrogens is 302 g/mol. The van der Waals surface area contributed by atoms with E-state index in [1.165, 1.54) is 6.33 Å². The minimum absolute atomic E-state index is 0.0377. The van der Waals surface area contributed by atoms with Gasteiger partial charge in [-0.25, -0.2) is 9.97 Å². The Morgan fingerprint density at radius 1 is 1.17 bits per heavy atom. The molecule has 0 aliphatic heterocycles. The van der Waals surface area contributed by atoms with Gasteiger partial charge in [0.05, 0.1) is 13.0 Å². The van der Waals surface area contributed by atoms with Gasteiger partial charge in [0.15, 0.2) is 0 Å². The van der Waals surface area contributed by atoms with Crippen molar-refractivity contribution in [3.05, 3.63) is 48.0 Å². The van der Waals surface area contributed by atoms with Crippen molar-refractivity contribution in [2.45, 2.75) is 45.6 Å². The summed E-state index contributed by atoms with van der Waals surface area (Å²) in [5.41, 5.74) is 10.2. The maximum atomic E-state index is 11.7. The smallest absolute Gasteiger partial charge is 0.307 e. The fourth-order valence-electron chi connectivity index (χ4n) is 2.43. The van der Waals surface area contributed by atoms with Gasteiger partial charge in [-0.15, -0.1) is 0 Å². The number of carbonyl (C=O) groups is 1. The predicted molar refractivity (Wildman–Crippen MR) is 94.3 cm³/mol. The highest BCUT2D eigenvalue weighted by molar-refractivity contribution is 5.71. The summed E-state index contributed by atoms with van der Waals surface area (Å²) in [6.45, 7) is 8.59. The lowest BCUT2D eigenvalue weighted by Gasteiger charge is -2.23. The number of carbonyl (C=O) groups excluding carboxylic acids is 1. The van der Waals surface area contributed by atoms with Crippen LogP contribution in [-0.2, 0) is 14.9 Å². The lowest BCUT2D eigenvalue weighted by molar-refractivity contribution is -0.143. The van der Waals surface area contributed by atoms with Gasteiger partial charge in [-0.05, 0) is 35.1 Å². The molecule has 0 fully saturated rings. The van der Waals surface area contributed by atoms with E-state index in [9.17, 15) is 4.79 Å². The molecule has 2 aromatic rings. The van der Waals surface area contributed by atoms with Crippen LogP contribution in [0.25, 0.3) is 11.1 Å². The largest absolute Gasteiger partial charge is 0.466 e. The third-order valence-electron chi connectivity index (χ3n) is 3.84. The molecule has 0 radical (unpaired) electrons. The summed E-state index contributed by atoms with van der Waals surface area (Å²) in [4.78, 5) is 19.9. The van der Waals surface area contributed by atoms with Crippen LogP contribution in [0.2, 0.25) is 0 Å². The minimum Gasteiger partial charge on any atom is -0.466 e. The third-order valence-corrected chi connectivity index (χ3v) is 3.84. The van der Waals surface area contributed by atoms with E-state index in [2.05, 4.69) is 42.9 Å². The molecular formula is C19H25N3O2. The second-order valence-corrected chi connectivity index (χ2v) is 6.84. The van der Waals surface area contributed by atoms with Gasteiger partial charge in [-0.1, -0.05) is 32.9 Å². The van der Waals surface area contributed by atoms with Crippen molar-refractivity contribution in [2.75, 3.05) is 6.61 Å². The zero-order valence-electron chi connectivity index (χ0n) is 14.7. The quantitative estimate of drug-likeness (QED) is 0.852. The van der Waals surface area contributed by atoms with Crippen LogP contribution in [0, 0.1) is 0 Å². The Balaban J connectivity index is 2.42. The Hall–Kier alpha value is -2.27. The molecule has 1 aromatic carbocycles. The van der Waals surface area contributed by atoms with E-state index in [0.717, 1.165) is 22.3 Å². The number of nitrogens with zero attached hydrogens (tertiary/aromatic N) is 2. The number of hydrogen-bond acceptors (Lipinski definition) is 5. The monoisotopic (exact) mass is 327 g/mol. The Kier molecular flexibility index (Phi) is 5.67. The lowest BCUT2D eigenvalue weighted by atomic mass is 9.83. The van der Waals surface area contributed by atoms with Crippen LogP contribution in [-0.4, -0.2) is 22.5 Å². The molecule has 2 rings (SSSR count). The van der Waals surface area contributed by atoms with Crippen molar-refractivity contribution in [2.24, 2.45) is 5.73 Å². The molecule has 0 aliphatic carbocycles. The highest BCUT2D eigenvalue weighted by Crippen LogP contribution is 2.31. The van der Waals surface area contributed by atoms with E-state index in [1.54, 1.807) is 19.3 Å². The normalized spacial score (nSPS) is 12.7. The second-order valence-electron chi connectivity index (χ2n) is 6.84. The van der Waals surface area contributed by atoms with E-state index in [4.69, 9.17) is 10.5 Å². The predicted octanol–water partition coefficient (Wildman–Crippen LogP) is 3.39. The number of benzene rings is 1. The summed E-state index contributed by atoms with van der Waals surface area (Å²) >= 11 is 0. The summed E-state index contributed by atoms with van der Waals surface area (Å²) in [5.74, 6) is -0.282. The highest BCUT2D eigenvalue weighted by atomic mass is 16.5. The Labute approximate surface area is 143 Å². The molecule has 0 saturated carbocycles. The van der Waals surface area contributed by atoms with E-state index in [0.29, 0.717) is 6.61 Å². The summed E-state index contributed by atoms with van der Waals surface area (Å²) in [6, 6.07) is 5.78. The molecule has 0 saturated heterocycles. The van der Waals surface area contributed by atoms with Crippen molar-refractivity contribution in [1.82, 2.24) is 9.97 Å². The fraction of sp³-hybridized carbons (Fsp3) is 0.421. The van der Waals surface area contributed by atoms with Crippen LogP contribution in [0.1, 0.15) is 51.3 Å². The van der Waals surface area contributed by atoms with Crippen LogP contribution in [0.15, 0.2) is 36.9 Å². The zero-order chi connectivity index (χ0) is 17.7. The van der Waals surface area contributed by atoms with Gasteiger partial charge < -0.3 is 10.5 Å². The standard InChI is InChI=1S/C19H25N3O2/c1-5-24-18(23)9-17(20)14-6-13(15-10-21-12-22-11-15)7-16(8-14)19(2,3)4/h6-8,10-12,17H,5,9,20H2,1-4H3. The molecule has 1 unspecified atom stereocenters.